The standard InChI is InChI=1S/C20H22BrN3O2/c1-26-19-4-3-18(21)14-17(19)2-5-20(25)24-12-10-23(11-13-24)15-16-6-8-22-9-7-16/h2-9,14H,10-13,15H2,1H3/p+1/b5-2+. The molecule has 0 unspecified atom stereocenters. The first-order chi connectivity index (χ1) is 12.7. The maximum Gasteiger partial charge on any atom is 0.246 e. The summed E-state index contributed by atoms with van der Waals surface area (Å²) in [5.74, 6) is 0.804. The molecular weight excluding hydrogens is 394 g/mol. The molecule has 1 amide bonds. The molecule has 1 aliphatic heterocycles. The average Bonchev–Trinajstić information content (AvgIpc) is 2.67. The first-order valence-corrected chi connectivity index (χ1v) is 9.48. The fourth-order valence-corrected chi connectivity index (χ4v) is 3.49. The molecule has 1 aliphatic rings. The Labute approximate surface area is 162 Å². The molecule has 0 bridgehead atoms. The van der Waals surface area contributed by atoms with Gasteiger partial charge in [0, 0.05) is 34.1 Å². The van der Waals surface area contributed by atoms with Crippen molar-refractivity contribution in [3.05, 3.63) is 64.4 Å². The number of hydrogen-bond donors (Lipinski definition) is 1. The Morgan fingerprint density at radius 1 is 1.27 bits per heavy atom. The molecule has 1 N–H and O–H groups in total. The normalized spacial score (nSPS) is 15.4. The lowest BCUT2D eigenvalue weighted by Crippen LogP contribution is -3.13. The maximum absolute atomic E-state index is 12.5. The van der Waals surface area contributed by atoms with Gasteiger partial charge < -0.3 is 14.5 Å². The van der Waals surface area contributed by atoms with Gasteiger partial charge in [-0.15, -0.1) is 0 Å². The zero-order valence-electron chi connectivity index (χ0n) is 14.8. The van der Waals surface area contributed by atoms with Crippen molar-refractivity contribution in [3.8, 4) is 5.75 Å². The molecule has 26 heavy (non-hydrogen) atoms. The minimum absolute atomic E-state index is 0.0509. The Morgan fingerprint density at radius 3 is 2.69 bits per heavy atom. The molecule has 1 aromatic heterocycles. The summed E-state index contributed by atoms with van der Waals surface area (Å²) in [6.07, 6.45) is 7.12. The molecule has 6 heteroatoms. The van der Waals surface area contributed by atoms with E-state index in [4.69, 9.17) is 4.74 Å². The van der Waals surface area contributed by atoms with Gasteiger partial charge in [-0.2, -0.15) is 0 Å². The van der Waals surface area contributed by atoms with Gasteiger partial charge in [-0.3, -0.25) is 9.78 Å². The Morgan fingerprint density at radius 2 is 2.00 bits per heavy atom. The van der Waals surface area contributed by atoms with Crippen LogP contribution in [0.4, 0.5) is 0 Å². The van der Waals surface area contributed by atoms with Crippen molar-refractivity contribution in [1.29, 1.82) is 0 Å². The fourth-order valence-electron chi connectivity index (χ4n) is 3.11. The second-order valence-corrected chi connectivity index (χ2v) is 7.24. The van der Waals surface area contributed by atoms with Crippen LogP contribution >= 0.6 is 15.9 Å². The number of carbonyl (C=O) groups is 1. The molecule has 0 saturated carbocycles. The fraction of sp³-hybridized carbons (Fsp3) is 0.300. The van der Waals surface area contributed by atoms with E-state index in [-0.39, 0.29) is 5.91 Å². The number of piperazine rings is 1. The third-order valence-corrected chi connectivity index (χ3v) is 5.08. The van der Waals surface area contributed by atoms with E-state index < -0.39 is 0 Å². The van der Waals surface area contributed by atoms with Gasteiger partial charge in [0.05, 0.1) is 33.3 Å². The predicted octanol–water partition coefficient (Wildman–Crippen LogP) is 1.79. The number of amides is 1. The molecular formula is C20H23BrN3O2+. The number of methoxy groups -OCH3 is 1. The zero-order valence-corrected chi connectivity index (χ0v) is 16.4. The van der Waals surface area contributed by atoms with E-state index in [1.807, 2.05) is 41.6 Å². The van der Waals surface area contributed by atoms with Gasteiger partial charge in [0.2, 0.25) is 5.91 Å². The summed E-state index contributed by atoms with van der Waals surface area (Å²) in [5, 5.41) is 0. The highest BCUT2D eigenvalue weighted by Gasteiger charge is 2.22. The molecule has 136 valence electrons. The van der Waals surface area contributed by atoms with Crippen molar-refractivity contribution in [3.63, 3.8) is 0 Å². The number of pyridine rings is 1. The van der Waals surface area contributed by atoms with Gasteiger partial charge >= 0.3 is 0 Å². The van der Waals surface area contributed by atoms with E-state index in [2.05, 4.69) is 33.0 Å². The molecule has 0 spiro atoms. The lowest BCUT2D eigenvalue weighted by Gasteiger charge is -2.31. The monoisotopic (exact) mass is 416 g/mol. The van der Waals surface area contributed by atoms with Gasteiger partial charge in [0.15, 0.2) is 0 Å². The largest absolute Gasteiger partial charge is 0.496 e. The summed E-state index contributed by atoms with van der Waals surface area (Å²) in [5.41, 5.74) is 2.17. The van der Waals surface area contributed by atoms with Crippen molar-refractivity contribution in [2.75, 3.05) is 33.3 Å². The lowest BCUT2D eigenvalue weighted by atomic mass is 10.2. The first kappa shape index (κ1) is 18.6. The van der Waals surface area contributed by atoms with E-state index >= 15 is 0 Å². The van der Waals surface area contributed by atoms with Crippen LogP contribution in [0.2, 0.25) is 0 Å². The van der Waals surface area contributed by atoms with Crippen molar-refractivity contribution in [2.45, 2.75) is 6.54 Å². The van der Waals surface area contributed by atoms with Crippen molar-refractivity contribution in [1.82, 2.24) is 9.88 Å². The number of benzene rings is 1. The highest BCUT2D eigenvalue weighted by Crippen LogP contribution is 2.24. The third kappa shape index (κ3) is 4.93. The molecule has 0 atom stereocenters. The van der Waals surface area contributed by atoms with Crippen LogP contribution in [0.15, 0.2) is 53.3 Å². The van der Waals surface area contributed by atoms with Crippen molar-refractivity contribution in [2.24, 2.45) is 0 Å². The van der Waals surface area contributed by atoms with Crippen molar-refractivity contribution >= 4 is 27.9 Å². The molecule has 0 aliphatic carbocycles. The van der Waals surface area contributed by atoms with Gasteiger partial charge in [-0.05, 0) is 36.4 Å². The van der Waals surface area contributed by atoms with Crippen molar-refractivity contribution < 1.29 is 14.4 Å². The molecule has 1 fully saturated rings. The second kappa shape index (κ2) is 8.96. The van der Waals surface area contributed by atoms with E-state index in [1.165, 1.54) is 10.5 Å². The summed E-state index contributed by atoms with van der Waals surface area (Å²) in [4.78, 5) is 20.0. The van der Waals surface area contributed by atoms with Crippen LogP contribution in [0.3, 0.4) is 0 Å². The quantitative estimate of drug-likeness (QED) is 0.755. The van der Waals surface area contributed by atoms with Gasteiger partial charge in [-0.1, -0.05) is 15.9 Å². The van der Waals surface area contributed by atoms with Gasteiger partial charge in [-0.25, -0.2) is 0 Å². The SMILES string of the molecule is COc1ccc(Br)cc1/C=C/C(=O)N1CC[NH+](Cc2ccncc2)CC1. The zero-order chi connectivity index (χ0) is 18.4. The van der Waals surface area contributed by atoms with Gasteiger partial charge in [0.1, 0.15) is 12.3 Å². The average molecular weight is 417 g/mol. The molecule has 2 heterocycles. The number of rotatable bonds is 5. The smallest absolute Gasteiger partial charge is 0.246 e. The van der Waals surface area contributed by atoms with Crippen LogP contribution < -0.4 is 9.64 Å². The van der Waals surface area contributed by atoms with E-state index in [0.29, 0.717) is 0 Å². The summed E-state index contributed by atoms with van der Waals surface area (Å²) in [7, 11) is 1.63. The number of quaternary nitrogens is 1. The minimum Gasteiger partial charge on any atom is -0.496 e. The van der Waals surface area contributed by atoms with Gasteiger partial charge in [0.25, 0.3) is 0 Å². The number of ether oxygens (including phenoxy) is 1. The molecule has 0 radical (unpaired) electrons. The van der Waals surface area contributed by atoms with E-state index in [0.717, 1.165) is 48.5 Å². The number of nitrogens with one attached hydrogen (secondary N) is 1. The number of hydrogen-bond acceptors (Lipinski definition) is 3. The number of nitrogens with zero attached hydrogens (tertiary/aromatic N) is 2. The molecule has 3 rings (SSSR count). The Kier molecular flexibility index (Phi) is 6.41. The van der Waals surface area contributed by atoms with Crippen LogP contribution in [0.1, 0.15) is 11.1 Å². The molecule has 5 nitrogen and oxygen atoms in total. The highest BCUT2D eigenvalue weighted by atomic mass is 79.9. The summed E-state index contributed by atoms with van der Waals surface area (Å²) < 4.78 is 6.30. The summed E-state index contributed by atoms with van der Waals surface area (Å²) in [6, 6.07) is 9.86. The number of carbonyl (C=O) groups excluding carboxylic acids is 1. The van der Waals surface area contributed by atoms with Crippen LogP contribution in [-0.4, -0.2) is 49.1 Å². The number of halogens is 1. The molecule has 1 aromatic carbocycles. The topological polar surface area (TPSA) is 46.9 Å². The van der Waals surface area contributed by atoms with Crippen LogP contribution in [-0.2, 0) is 11.3 Å². The van der Waals surface area contributed by atoms with E-state index in [1.54, 1.807) is 13.2 Å². The first-order valence-electron chi connectivity index (χ1n) is 8.68. The number of aromatic nitrogens is 1. The van der Waals surface area contributed by atoms with Crippen LogP contribution in [0.25, 0.3) is 6.08 Å². The third-order valence-electron chi connectivity index (χ3n) is 4.58. The molecule has 1 saturated heterocycles. The lowest BCUT2D eigenvalue weighted by molar-refractivity contribution is -0.917. The Balaban J connectivity index is 1.54. The summed E-state index contributed by atoms with van der Waals surface area (Å²) >= 11 is 3.45. The van der Waals surface area contributed by atoms with Crippen LogP contribution in [0.5, 0.6) is 5.75 Å². The Bertz CT molecular complexity index is 772. The predicted molar refractivity (Wildman–Crippen MR) is 105 cm³/mol. The summed E-state index contributed by atoms with van der Waals surface area (Å²) in [6.45, 7) is 4.46. The maximum atomic E-state index is 12.5. The van der Waals surface area contributed by atoms with E-state index in [9.17, 15) is 4.79 Å². The second-order valence-electron chi connectivity index (χ2n) is 6.33. The Hall–Kier alpha value is -2.18. The highest BCUT2D eigenvalue weighted by molar-refractivity contribution is 9.10. The van der Waals surface area contributed by atoms with Crippen LogP contribution in [0, 0.1) is 0 Å². The molecule has 2 aromatic rings. The minimum atomic E-state index is 0.0509.